The maximum atomic E-state index is 11.5. The van der Waals surface area contributed by atoms with Crippen molar-refractivity contribution in [2.75, 3.05) is 6.54 Å². The second-order valence-electron chi connectivity index (χ2n) is 4.09. The van der Waals surface area contributed by atoms with Crippen molar-refractivity contribution >= 4 is 5.91 Å². The van der Waals surface area contributed by atoms with Crippen LogP contribution in [0.4, 0.5) is 0 Å². The van der Waals surface area contributed by atoms with Crippen LogP contribution in [0.5, 0.6) is 0 Å². The Balaban J connectivity index is 2.04. The number of rotatable bonds is 3. The van der Waals surface area contributed by atoms with Gasteiger partial charge in [-0.1, -0.05) is 24.3 Å². The van der Waals surface area contributed by atoms with Crippen molar-refractivity contribution in [3.05, 3.63) is 35.4 Å². The van der Waals surface area contributed by atoms with Gasteiger partial charge >= 0.3 is 0 Å². The van der Waals surface area contributed by atoms with Crippen LogP contribution in [-0.4, -0.2) is 12.5 Å². The zero-order valence-corrected chi connectivity index (χ0v) is 9.12. The van der Waals surface area contributed by atoms with E-state index in [-0.39, 0.29) is 5.91 Å². The van der Waals surface area contributed by atoms with Crippen LogP contribution in [0.2, 0.25) is 0 Å². The summed E-state index contributed by atoms with van der Waals surface area (Å²) in [6.45, 7) is 2.69. The van der Waals surface area contributed by atoms with Crippen LogP contribution in [-0.2, 0) is 11.2 Å². The number of fused-ring (bicyclic) bond motifs is 1. The summed E-state index contributed by atoms with van der Waals surface area (Å²) in [5.74, 6) is 0.618. The van der Waals surface area contributed by atoms with E-state index in [0.29, 0.717) is 12.3 Å². The summed E-state index contributed by atoms with van der Waals surface area (Å²) in [4.78, 5) is 11.5. The van der Waals surface area contributed by atoms with Crippen LogP contribution in [0, 0.1) is 0 Å². The fourth-order valence-corrected chi connectivity index (χ4v) is 2.35. The first-order chi connectivity index (χ1) is 7.31. The molecule has 0 aromatic heterocycles. The van der Waals surface area contributed by atoms with Crippen molar-refractivity contribution < 1.29 is 4.79 Å². The quantitative estimate of drug-likeness (QED) is 0.802. The van der Waals surface area contributed by atoms with Crippen molar-refractivity contribution in [2.24, 2.45) is 0 Å². The van der Waals surface area contributed by atoms with Gasteiger partial charge in [0.2, 0.25) is 5.91 Å². The van der Waals surface area contributed by atoms with Gasteiger partial charge in [0.05, 0.1) is 0 Å². The second-order valence-corrected chi connectivity index (χ2v) is 4.09. The third kappa shape index (κ3) is 2.20. The molecule has 1 atom stereocenters. The van der Waals surface area contributed by atoms with E-state index < -0.39 is 0 Å². The first-order valence-corrected chi connectivity index (χ1v) is 5.65. The van der Waals surface area contributed by atoms with E-state index in [1.54, 1.807) is 0 Å². The number of amides is 1. The first-order valence-electron chi connectivity index (χ1n) is 5.65. The lowest BCUT2D eigenvalue weighted by Crippen LogP contribution is -2.24. The molecule has 0 unspecified atom stereocenters. The summed E-state index contributed by atoms with van der Waals surface area (Å²) in [5, 5.41) is 2.86. The molecule has 1 aliphatic rings. The van der Waals surface area contributed by atoms with Gasteiger partial charge in [0.15, 0.2) is 0 Å². The maximum Gasteiger partial charge on any atom is 0.220 e. The predicted octanol–water partition coefficient (Wildman–Crippen LogP) is 2.24. The van der Waals surface area contributed by atoms with E-state index in [1.165, 1.54) is 11.1 Å². The Morgan fingerprint density at radius 3 is 3.07 bits per heavy atom. The Kier molecular flexibility index (Phi) is 3.05. The molecule has 1 amide bonds. The Hall–Kier alpha value is -1.31. The summed E-state index contributed by atoms with van der Waals surface area (Å²) in [5.41, 5.74) is 2.80. The topological polar surface area (TPSA) is 29.1 Å². The van der Waals surface area contributed by atoms with Crippen molar-refractivity contribution in [1.82, 2.24) is 5.32 Å². The van der Waals surface area contributed by atoms with Crippen LogP contribution < -0.4 is 5.32 Å². The fraction of sp³-hybridized carbons (Fsp3) is 0.462. The van der Waals surface area contributed by atoms with Crippen LogP contribution in [0.15, 0.2) is 24.3 Å². The predicted molar refractivity (Wildman–Crippen MR) is 60.8 cm³/mol. The van der Waals surface area contributed by atoms with Gasteiger partial charge in [0.1, 0.15) is 0 Å². The monoisotopic (exact) mass is 203 g/mol. The minimum atomic E-state index is 0.180. The van der Waals surface area contributed by atoms with E-state index in [0.717, 1.165) is 19.4 Å². The molecule has 1 aliphatic carbocycles. The summed E-state index contributed by atoms with van der Waals surface area (Å²) in [7, 11) is 0. The molecule has 1 N–H and O–H groups in total. The van der Waals surface area contributed by atoms with Gasteiger partial charge in [-0.2, -0.15) is 0 Å². The first kappa shape index (κ1) is 10.2. The lowest BCUT2D eigenvalue weighted by Gasteiger charge is -2.10. The molecule has 1 aromatic rings. The molecule has 1 aromatic carbocycles. The van der Waals surface area contributed by atoms with Gasteiger partial charge in [-0.3, -0.25) is 4.79 Å². The molecular formula is C13H17NO. The molecule has 15 heavy (non-hydrogen) atoms. The molecule has 0 saturated carbocycles. The lowest BCUT2D eigenvalue weighted by molar-refractivity contribution is -0.121. The number of hydrogen-bond acceptors (Lipinski definition) is 1. The second kappa shape index (κ2) is 4.47. The van der Waals surface area contributed by atoms with E-state index in [9.17, 15) is 4.79 Å². The molecular weight excluding hydrogens is 186 g/mol. The van der Waals surface area contributed by atoms with Crippen LogP contribution in [0.1, 0.15) is 36.8 Å². The number of carbonyl (C=O) groups is 1. The van der Waals surface area contributed by atoms with Crippen molar-refractivity contribution in [1.29, 1.82) is 0 Å². The van der Waals surface area contributed by atoms with Gasteiger partial charge in [0.25, 0.3) is 0 Å². The SMILES string of the molecule is CCNC(=O)C[C@H]1CCc2ccccc21. The van der Waals surface area contributed by atoms with Crippen molar-refractivity contribution in [3.63, 3.8) is 0 Å². The minimum absolute atomic E-state index is 0.180. The van der Waals surface area contributed by atoms with Gasteiger partial charge in [-0.05, 0) is 36.8 Å². The Morgan fingerprint density at radius 2 is 2.27 bits per heavy atom. The highest BCUT2D eigenvalue weighted by Gasteiger charge is 2.23. The van der Waals surface area contributed by atoms with E-state index in [4.69, 9.17) is 0 Å². The third-order valence-electron chi connectivity index (χ3n) is 3.06. The van der Waals surface area contributed by atoms with Gasteiger partial charge in [-0.15, -0.1) is 0 Å². The lowest BCUT2D eigenvalue weighted by atomic mass is 9.97. The van der Waals surface area contributed by atoms with Crippen LogP contribution >= 0.6 is 0 Å². The normalized spacial score (nSPS) is 18.6. The van der Waals surface area contributed by atoms with Gasteiger partial charge in [-0.25, -0.2) is 0 Å². The molecule has 80 valence electrons. The fourth-order valence-electron chi connectivity index (χ4n) is 2.35. The number of nitrogens with one attached hydrogen (secondary N) is 1. The Morgan fingerprint density at radius 1 is 1.47 bits per heavy atom. The zero-order valence-electron chi connectivity index (χ0n) is 9.12. The largest absolute Gasteiger partial charge is 0.356 e. The van der Waals surface area contributed by atoms with E-state index >= 15 is 0 Å². The molecule has 2 nitrogen and oxygen atoms in total. The highest BCUT2D eigenvalue weighted by atomic mass is 16.1. The summed E-state index contributed by atoms with van der Waals surface area (Å²) in [6.07, 6.45) is 2.89. The smallest absolute Gasteiger partial charge is 0.220 e. The Bertz CT molecular complexity index is 359. The molecule has 0 fully saturated rings. The molecule has 2 heteroatoms. The van der Waals surface area contributed by atoms with Crippen LogP contribution in [0.25, 0.3) is 0 Å². The van der Waals surface area contributed by atoms with E-state index in [2.05, 4.69) is 29.6 Å². The number of benzene rings is 1. The number of carbonyl (C=O) groups excluding carboxylic acids is 1. The van der Waals surface area contributed by atoms with E-state index in [1.807, 2.05) is 6.92 Å². The molecule has 0 spiro atoms. The molecule has 0 heterocycles. The molecule has 0 saturated heterocycles. The molecule has 0 bridgehead atoms. The Labute approximate surface area is 90.7 Å². The molecule has 2 rings (SSSR count). The summed E-state index contributed by atoms with van der Waals surface area (Å²) < 4.78 is 0. The maximum absolute atomic E-state index is 11.5. The summed E-state index contributed by atoms with van der Waals surface area (Å²) >= 11 is 0. The van der Waals surface area contributed by atoms with Crippen molar-refractivity contribution in [2.45, 2.75) is 32.1 Å². The summed E-state index contributed by atoms with van der Waals surface area (Å²) in [6, 6.07) is 8.47. The molecule has 0 aliphatic heterocycles. The van der Waals surface area contributed by atoms with Crippen LogP contribution in [0.3, 0.4) is 0 Å². The average molecular weight is 203 g/mol. The molecule has 0 radical (unpaired) electrons. The van der Waals surface area contributed by atoms with Gasteiger partial charge < -0.3 is 5.32 Å². The minimum Gasteiger partial charge on any atom is -0.356 e. The highest BCUT2D eigenvalue weighted by molar-refractivity contribution is 5.77. The highest BCUT2D eigenvalue weighted by Crippen LogP contribution is 2.34. The number of hydrogen-bond donors (Lipinski definition) is 1. The number of aryl methyl sites for hydroxylation is 1. The average Bonchev–Trinajstić information content (AvgIpc) is 2.62. The van der Waals surface area contributed by atoms with Gasteiger partial charge in [0, 0.05) is 13.0 Å². The zero-order chi connectivity index (χ0) is 10.7. The standard InChI is InChI=1S/C13H17NO/c1-2-14-13(15)9-11-8-7-10-5-3-4-6-12(10)11/h3-6,11H,2,7-9H2,1H3,(H,14,15)/t11-/m1/s1. The third-order valence-corrected chi connectivity index (χ3v) is 3.06. The van der Waals surface area contributed by atoms with Crippen molar-refractivity contribution in [3.8, 4) is 0 Å².